The summed E-state index contributed by atoms with van der Waals surface area (Å²) in [4.78, 5) is 34.4. The van der Waals surface area contributed by atoms with Crippen molar-refractivity contribution < 1.29 is 9.53 Å². The van der Waals surface area contributed by atoms with Crippen molar-refractivity contribution in [3.05, 3.63) is 60.7 Å². The number of nitrogens with one attached hydrogen (secondary N) is 2. The van der Waals surface area contributed by atoms with Crippen molar-refractivity contribution in [3.8, 4) is 22.6 Å². The second-order valence-electron chi connectivity index (χ2n) is 11.1. The van der Waals surface area contributed by atoms with Gasteiger partial charge in [-0.05, 0) is 76.7 Å². The van der Waals surface area contributed by atoms with Gasteiger partial charge in [0.25, 0.3) is 0 Å². The van der Waals surface area contributed by atoms with Crippen molar-refractivity contribution in [1.82, 2.24) is 29.7 Å². The Bertz CT molecular complexity index is 1480. The highest BCUT2D eigenvalue weighted by Gasteiger charge is 2.30. The van der Waals surface area contributed by atoms with E-state index in [0.29, 0.717) is 0 Å². The highest BCUT2D eigenvalue weighted by molar-refractivity contribution is 5.88. The molecule has 1 aromatic carbocycles. The number of rotatable bonds is 8. The summed E-state index contributed by atoms with van der Waals surface area (Å²) in [5.74, 6) is 0.0301. The number of imidazole rings is 1. The zero-order valence-electron chi connectivity index (χ0n) is 23.3. The van der Waals surface area contributed by atoms with Crippen molar-refractivity contribution in [2.75, 3.05) is 51.6 Å². The van der Waals surface area contributed by atoms with Crippen molar-refractivity contribution >= 4 is 22.6 Å². The molecule has 5 heterocycles. The van der Waals surface area contributed by atoms with Crippen LogP contribution in [0.1, 0.15) is 25.0 Å². The van der Waals surface area contributed by atoms with E-state index >= 15 is 0 Å². The van der Waals surface area contributed by atoms with Crippen LogP contribution in [-0.4, -0.2) is 88.1 Å². The van der Waals surface area contributed by atoms with E-state index in [1.807, 2.05) is 37.4 Å². The molecule has 0 radical (unpaired) electrons. The predicted octanol–water partition coefficient (Wildman–Crippen LogP) is 4.37. The number of aryl methyl sites for hydroxylation is 1. The summed E-state index contributed by atoms with van der Waals surface area (Å²) in [6.45, 7) is 7.45. The Morgan fingerprint density at radius 1 is 1.10 bits per heavy atom. The number of H-pyrrole nitrogens is 1. The van der Waals surface area contributed by atoms with Crippen LogP contribution in [0.2, 0.25) is 0 Å². The zero-order valence-corrected chi connectivity index (χ0v) is 23.3. The molecule has 9 heteroatoms. The highest BCUT2D eigenvalue weighted by Crippen LogP contribution is 2.30. The maximum Gasteiger partial charge on any atom is 0.309 e. The molecule has 2 fully saturated rings. The fraction of sp³-hybridized carbons (Fsp3) is 0.419. The van der Waals surface area contributed by atoms with Gasteiger partial charge in [0.05, 0.1) is 46.7 Å². The molecule has 0 amide bonds. The largest absolute Gasteiger partial charge is 0.461 e. The number of fused-ring (bicyclic) bond motifs is 1. The Hall–Kier alpha value is -3.82. The standard InChI is InChI=1S/C31H37N7O2/c1-21-4-3-5-28(36-21)30-29(34-20-35-30)23-6-7-27-24(16-23)17-25(18-33-27)32-11-15-38-13-8-22(9-14-38)31(39)40-26-10-12-37(2)19-26/h3-7,16-18,20,22,26,32H,8-15,19H2,1-2H3,(H,34,35)/t26-/m1/s1. The minimum absolute atomic E-state index is 0.00297. The maximum atomic E-state index is 12.6. The smallest absolute Gasteiger partial charge is 0.309 e. The lowest BCUT2D eigenvalue weighted by Gasteiger charge is -2.31. The summed E-state index contributed by atoms with van der Waals surface area (Å²) in [6, 6.07) is 14.4. The van der Waals surface area contributed by atoms with Gasteiger partial charge in [0.1, 0.15) is 6.10 Å². The molecule has 40 heavy (non-hydrogen) atoms. The number of pyridine rings is 2. The molecule has 0 aliphatic carbocycles. The van der Waals surface area contributed by atoms with E-state index < -0.39 is 0 Å². The number of anilines is 1. The van der Waals surface area contributed by atoms with Crippen LogP contribution in [0.5, 0.6) is 0 Å². The summed E-state index contributed by atoms with van der Waals surface area (Å²) >= 11 is 0. The first-order valence-corrected chi connectivity index (χ1v) is 14.2. The Labute approximate surface area is 235 Å². The predicted molar refractivity (Wildman–Crippen MR) is 157 cm³/mol. The van der Waals surface area contributed by atoms with E-state index in [2.05, 4.69) is 60.3 Å². The molecule has 9 nitrogen and oxygen atoms in total. The number of esters is 1. The summed E-state index contributed by atoms with van der Waals surface area (Å²) in [5.41, 5.74) is 6.59. The average Bonchev–Trinajstić information content (AvgIpc) is 3.62. The van der Waals surface area contributed by atoms with E-state index in [0.717, 1.165) is 103 Å². The van der Waals surface area contributed by atoms with E-state index in [-0.39, 0.29) is 18.0 Å². The lowest BCUT2D eigenvalue weighted by molar-refractivity contribution is -0.155. The van der Waals surface area contributed by atoms with Gasteiger partial charge in [0.2, 0.25) is 0 Å². The van der Waals surface area contributed by atoms with Gasteiger partial charge in [-0.1, -0.05) is 12.1 Å². The fourth-order valence-corrected chi connectivity index (χ4v) is 5.77. The van der Waals surface area contributed by atoms with Crippen molar-refractivity contribution in [2.24, 2.45) is 5.92 Å². The third-order valence-electron chi connectivity index (χ3n) is 8.05. The molecule has 3 aromatic heterocycles. The van der Waals surface area contributed by atoms with Gasteiger partial charge in [0, 0.05) is 42.8 Å². The first kappa shape index (κ1) is 26.4. The molecule has 2 aliphatic heterocycles. The summed E-state index contributed by atoms with van der Waals surface area (Å²) < 4.78 is 5.77. The number of nitrogens with zero attached hydrogens (tertiary/aromatic N) is 5. The number of carbonyl (C=O) groups is 1. The van der Waals surface area contributed by atoms with Crippen LogP contribution in [0.15, 0.2) is 55.0 Å². The molecule has 6 rings (SSSR count). The van der Waals surface area contributed by atoms with Gasteiger partial charge in [0.15, 0.2) is 0 Å². The monoisotopic (exact) mass is 539 g/mol. The number of hydrogen-bond donors (Lipinski definition) is 2. The van der Waals surface area contributed by atoms with Gasteiger partial charge in [-0.2, -0.15) is 0 Å². The third-order valence-corrected chi connectivity index (χ3v) is 8.05. The first-order chi connectivity index (χ1) is 19.5. The summed E-state index contributed by atoms with van der Waals surface area (Å²) in [7, 11) is 2.08. The molecule has 0 spiro atoms. The molecule has 2 N–H and O–H groups in total. The number of hydrogen-bond acceptors (Lipinski definition) is 8. The van der Waals surface area contributed by atoms with Crippen molar-refractivity contribution in [1.29, 1.82) is 0 Å². The third kappa shape index (κ3) is 6.00. The zero-order chi connectivity index (χ0) is 27.5. The second kappa shape index (κ2) is 11.7. The number of likely N-dealkylation sites (N-methyl/N-ethyl adjacent to an activating group) is 1. The Kier molecular flexibility index (Phi) is 7.75. The minimum atomic E-state index is -0.00297. The van der Waals surface area contributed by atoms with Gasteiger partial charge in [-0.3, -0.25) is 14.8 Å². The van der Waals surface area contributed by atoms with E-state index in [4.69, 9.17) is 4.74 Å². The number of likely N-dealkylation sites (tertiary alicyclic amines) is 2. The van der Waals surface area contributed by atoms with E-state index in [1.165, 1.54) is 0 Å². The summed E-state index contributed by atoms with van der Waals surface area (Å²) in [5, 5.41) is 4.59. The Morgan fingerprint density at radius 3 is 2.77 bits per heavy atom. The van der Waals surface area contributed by atoms with Crippen LogP contribution in [-0.2, 0) is 9.53 Å². The Balaban J connectivity index is 1.04. The summed E-state index contributed by atoms with van der Waals surface area (Å²) in [6.07, 6.45) is 6.37. The van der Waals surface area contributed by atoms with Crippen LogP contribution < -0.4 is 5.32 Å². The van der Waals surface area contributed by atoms with Crippen molar-refractivity contribution in [2.45, 2.75) is 32.3 Å². The van der Waals surface area contributed by atoms with Crippen LogP contribution in [0.4, 0.5) is 5.69 Å². The molecule has 2 aliphatic rings. The lowest BCUT2D eigenvalue weighted by Crippen LogP contribution is -2.40. The maximum absolute atomic E-state index is 12.6. The number of aromatic nitrogens is 4. The van der Waals surface area contributed by atoms with Gasteiger partial charge in [-0.25, -0.2) is 4.98 Å². The minimum Gasteiger partial charge on any atom is -0.461 e. The van der Waals surface area contributed by atoms with Gasteiger partial charge < -0.3 is 24.8 Å². The number of benzene rings is 1. The number of ether oxygens (including phenoxy) is 1. The molecule has 0 bridgehead atoms. The topological polar surface area (TPSA) is 99.3 Å². The second-order valence-corrected chi connectivity index (χ2v) is 11.1. The molecular weight excluding hydrogens is 502 g/mol. The quantitative estimate of drug-likeness (QED) is 0.319. The van der Waals surface area contributed by atoms with Gasteiger partial charge >= 0.3 is 5.97 Å². The van der Waals surface area contributed by atoms with Crippen LogP contribution in [0.25, 0.3) is 33.5 Å². The molecule has 0 saturated carbocycles. The molecule has 0 unspecified atom stereocenters. The SMILES string of the molecule is Cc1cccc(-c2[nH]cnc2-c2ccc3ncc(NCCN4CCC(C(=O)O[C@@H]5CCN(C)C5)CC4)cc3c2)n1. The van der Waals surface area contributed by atoms with E-state index in [9.17, 15) is 4.79 Å². The van der Waals surface area contributed by atoms with Crippen LogP contribution in [0.3, 0.4) is 0 Å². The van der Waals surface area contributed by atoms with E-state index in [1.54, 1.807) is 6.33 Å². The normalized spacial score (nSPS) is 18.8. The highest BCUT2D eigenvalue weighted by atomic mass is 16.5. The number of carbonyl (C=O) groups excluding carboxylic acids is 1. The number of piperidine rings is 1. The number of aromatic amines is 1. The van der Waals surface area contributed by atoms with Gasteiger partial charge in [-0.15, -0.1) is 0 Å². The first-order valence-electron chi connectivity index (χ1n) is 14.2. The molecule has 1 atom stereocenters. The fourth-order valence-electron chi connectivity index (χ4n) is 5.77. The molecule has 2 saturated heterocycles. The lowest BCUT2D eigenvalue weighted by atomic mass is 9.97. The van der Waals surface area contributed by atoms with Crippen LogP contribution in [0, 0.1) is 12.8 Å². The Morgan fingerprint density at radius 2 is 1.98 bits per heavy atom. The van der Waals surface area contributed by atoms with Crippen LogP contribution >= 0.6 is 0 Å². The molecular formula is C31H37N7O2. The molecule has 208 valence electrons. The average molecular weight is 540 g/mol. The van der Waals surface area contributed by atoms with Crippen molar-refractivity contribution in [3.63, 3.8) is 0 Å². The molecule has 4 aromatic rings.